The van der Waals surface area contributed by atoms with Crippen LogP contribution in [0.5, 0.6) is 0 Å². The average molecular weight is 422 g/mol. The van der Waals surface area contributed by atoms with E-state index in [9.17, 15) is 13.7 Å². The number of hydrogen-bond donors (Lipinski definition) is 1. The van der Waals surface area contributed by atoms with Gasteiger partial charge in [-0.3, -0.25) is 0 Å². The quantitative estimate of drug-likeness (QED) is 0.696. The van der Waals surface area contributed by atoms with E-state index in [1.807, 2.05) is 7.05 Å². The maximum absolute atomic E-state index is 13.2. The molecule has 30 heavy (non-hydrogen) atoms. The first kappa shape index (κ1) is 19.1. The molecule has 1 saturated carbocycles. The summed E-state index contributed by atoms with van der Waals surface area (Å²) in [6.07, 6.45) is 5.17. The molecule has 0 spiro atoms. The molecule has 2 aromatic heterocycles. The number of nitriles is 1. The highest BCUT2D eigenvalue weighted by molar-refractivity contribution is 7.90. The Bertz CT molecular complexity index is 1230. The highest BCUT2D eigenvalue weighted by Gasteiger charge is 2.39. The fourth-order valence-electron chi connectivity index (χ4n) is 5.04. The van der Waals surface area contributed by atoms with Gasteiger partial charge in [-0.15, -0.1) is 0 Å². The van der Waals surface area contributed by atoms with Crippen molar-refractivity contribution < 1.29 is 8.42 Å². The summed E-state index contributed by atoms with van der Waals surface area (Å²) in [5.41, 5.74) is 1.58. The standard InChI is InChI=1S/C22H23N5O2S/c1-26(18-9-15-12-24-13-16(15)10-18)21-17(11-23)14-25-22-20(21)7-8-27(22)30(28,29)19-5-3-2-4-6-19/h2-8,14-16,18,24H,9-10,12-13H2,1H3/t15-,16+,18+. The van der Waals surface area contributed by atoms with Gasteiger partial charge in [0.15, 0.2) is 5.65 Å². The van der Waals surface area contributed by atoms with Crippen molar-refractivity contribution in [3.8, 4) is 6.07 Å². The Balaban J connectivity index is 1.60. The Kier molecular flexibility index (Phi) is 4.53. The van der Waals surface area contributed by atoms with E-state index < -0.39 is 10.0 Å². The van der Waals surface area contributed by atoms with Crippen LogP contribution in [0, 0.1) is 23.2 Å². The van der Waals surface area contributed by atoms with Crippen LogP contribution in [0.15, 0.2) is 53.7 Å². The second kappa shape index (κ2) is 7.11. The Morgan fingerprint density at radius 1 is 1.17 bits per heavy atom. The summed E-state index contributed by atoms with van der Waals surface area (Å²) in [4.78, 5) is 6.73. The van der Waals surface area contributed by atoms with Crippen molar-refractivity contribution in [1.82, 2.24) is 14.3 Å². The molecule has 1 saturated heterocycles. The van der Waals surface area contributed by atoms with Gasteiger partial charge in [-0.1, -0.05) is 18.2 Å². The molecule has 0 amide bonds. The summed E-state index contributed by atoms with van der Waals surface area (Å²) in [5, 5.41) is 13.9. The minimum Gasteiger partial charge on any atom is -0.370 e. The largest absolute Gasteiger partial charge is 0.370 e. The molecule has 0 unspecified atom stereocenters. The topological polar surface area (TPSA) is 91.0 Å². The minimum atomic E-state index is -3.77. The lowest BCUT2D eigenvalue weighted by molar-refractivity contribution is 0.494. The van der Waals surface area contributed by atoms with Gasteiger partial charge in [0.05, 0.1) is 16.1 Å². The smallest absolute Gasteiger partial charge is 0.269 e. The Hall–Kier alpha value is -2.89. The predicted octanol–water partition coefficient (Wildman–Crippen LogP) is 2.58. The molecule has 0 radical (unpaired) electrons. The third kappa shape index (κ3) is 2.89. The minimum absolute atomic E-state index is 0.208. The summed E-state index contributed by atoms with van der Waals surface area (Å²) in [7, 11) is -1.76. The van der Waals surface area contributed by atoms with E-state index in [0.717, 1.165) is 31.6 Å². The van der Waals surface area contributed by atoms with Crippen molar-refractivity contribution >= 4 is 26.7 Å². The fraction of sp³-hybridized carbons (Fsp3) is 0.364. The first-order chi connectivity index (χ1) is 14.5. The number of nitrogens with zero attached hydrogens (tertiary/aromatic N) is 4. The summed E-state index contributed by atoms with van der Waals surface area (Å²) >= 11 is 0. The van der Waals surface area contributed by atoms with Crippen molar-refractivity contribution in [2.24, 2.45) is 11.8 Å². The number of pyridine rings is 1. The number of fused-ring (bicyclic) bond motifs is 2. The van der Waals surface area contributed by atoms with Gasteiger partial charge in [0.25, 0.3) is 10.0 Å². The zero-order valence-corrected chi connectivity index (χ0v) is 17.5. The molecular weight excluding hydrogens is 398 g/mol. The monoisotopic (exact) mass is 421 g/mol. The van der Waals surface area contributed by atoms with Gasteiger partial charge in [-0.05, 0) is 56.0 Å². The molecule has 3 aromatic rings. The van der Waals surface area contributed by atoms with E-state index in [2.05, 4.69) is 21.3 Å². The molecule has 154 valence electrons. The van der Waals surface area contributed by atoms with Crippen molar-refractivity contribution in [3.63, 3.8) is 0 Å². The fourth-order valence-corrected chi connectivity index (χ4v) is 6.37. The number of nitrogens with one attached hydrogen (secondary N) is 1. The van der Waals surface area contributed by atoms with Crippen molar-refractivity contribution in [2.45, 2.75) is 23.8 Å². The SMILES string of the molecule is CN(c1c(C#N)cnc2c1ccn2S(=O)(=O)c1ccccc1)[C@@H]1C[C@H]2CNC[C@H]2C1. The maximum atomic E-state index is 13.2. The predicted molar refractivity (Wildman–Crippen MR) is 115 cm³/mol. The Labute approximate surface area is 176 Å². The van der Waals surface area contributed by atoms with E-state index in [1.54, 1.807) is 36.4 Å². The van der Waals surface area contributed by atoms with Gasteiger partial charge in [0.2, 0.25) is 0 Å². The van der Waals surface area contributed by atoms with Gasteiger partial charge >= 0.3 is 0 Å². The summed E-state index contributed by atoms with van der Waals surface area (Å²) in [6, 6.07) is 12.7. The van der Waals surface area contributed by atoms with E-state index in [4.69, 9.17) is 0 Å². The molecule has 8 heteroatoms. The number of hydrogen-bond acceptors (Lipinski definition) is 6. The summed E-state index contributed by atoms with van der Waals surface area (Å²) in [5.74, 6) is 1.34. The molecule has 7 nitrogen and oxygen atoms in total. The van der Waals surface area contributed by atoms with Gasteiger partial charge in [-0.25, -0.2) is 17.4 Å². The lowest BCUT2D eigenvalue weighted by atomic mass is 10.0. The van der Waals surface area contributed by atoms with Crippen LogP contribution < -0.4 is 10.2 Å². The molecule has 2 aliphatic rings. The molecule has 5 rings (SSSR count). The van der Waals surface area contributed by atoms with Crippen LogP contribution >= 0.6 is 0 Å². The summed E-state index contributed by atoms with van der Waals surface area (Å²) in [6.45, 7) is 2.11. The first-order valence-corrected chi connectivity index (χ1v) is 11.6. The van der Waals surface area contributed by atoms with E-state index in [-0.39, 0.29) is 4.90 Å². The van der Waals surface area contributed by atoms with Gasteiger partial charge < -0.3 is 10.2 Å². The van der Waals surface area contributed by atoms with Crippen LogP contribution in [0.3, 0.4) is 0 Å². The third-order valence-electron chi connectivity index (χ3n) is 6.60. The van der Waals surface area contributed by atoms with E-state index in [1.165, 1.54) is 16.4 Å². The van der Waals surface area contributed by atoms with Gasteiger partial charge in [0, 0.05) is 30.9 Å². The summed E-state index contributed by atoms with van der Waals surface area (Å²) < 4.78 is 27.6. The molecule has 3 heterocycles. The Morgan fingerprint density at radius 2 is 1.87 bits per heavy atom. The van der Waals surface area contributed by atoms with Crippen LogP contribution in [0.1, 0.15) is 18.4 Å². The van der Waals surface area contributed by atoms with Crippen molar-refractivity contribution in [3.05, 3.63) is 54.4 Å². The molecule has 1 aliphatic carbocycles. The van der Waals surface area contributed by atoms with Crippen LogP contribution in [-0.2, 0) is 10.0 Å². The second-order valence-electron chi connectivity index (χ2n) is 8.21. The second-order valence-corrected chi connectivity index (χ2v) is 10.0. The number of rotatable bonds is 4. The normalized spacial score (nSPS) is 23.4. The van der Waals surface area contributed by atoms with E-state index in [0.29, 0.717) is 34.5 Å². The first-order valence-electron chi connectivity index (χ1n) is 10.1. The lowest BCUT2D eigenvalue weighted by Gasteiger charge is -2.29. The molecule has 2 fully saturated rings. The zero-order valence-electron chi connectivity index (χ0n) is 16.7. The van der Waals surface area contributed by atoms with Crippen molar-refractivity contribution in [2.75, 3.05) is 25.0 Å². The average Bonchev–Trinajstić information content (AvgIpc) is 3.47. The van der Waals surface area contributed by atoms with Gasteiger partial charge in [0.1, 0.15) is 6.07 Å². The van der Waals surface area contributed by atoms with Crippen LogP contribution in [0.2, 0.25) is 0 Å². The maximum Gasteiger partial charge on any atom is 0.269 e. The molecule has 1 aliphatic heterocycles. The van der Waals surface area contributed by atoms with Crippen LogP contribution in [0.25, 0.3) is 11.0 Å². The molecular formula is C22H23N5O2S. The zero-order chi connectivity index (χ0) is 20.9. The molecule has 3 atom stereocenters. The lowest BCUT2D eigenvalue weighted by Crippen LogP contribution is -2.32. The van der Waals surface area contributed by atoms with Gasteiger partial charge in [-0.2, -0.15) is 5.26 Å². The molecule has 0 bridgehead atoms. The Morgan fingerprint density at radius 3 is 2.53 bits per heavy atom. The molecule has 1 N–H and O–H groups in total. The number of anilines is 1. The number of aromatic nitrogens is 2. The highest BCUT2D eigenvalue weighted by atomic mass is 32.2. The third-order valence-corrected chi connectivity index (χ3v) is 8.28. The van der Waals surface area contributed by atoms with Crippen molar-refractivity contribution in [1.29, 1.82) is 5.26 Å². The van der Waals surface area contributed by atoms with Crippen LogP contribution in [-0.4, -0.2) is 43.6 Å². The highest BCUT2D eigenvalue weighted by Crippen LogP contribution is 2.40. The van der Waals surface area contributed by atoms with Crippen LogP contribution in [0.4, 0.5) is 5.69 Å². The molecule has 1 aromatic carbocycles. The van der Waals surface area contributed by atoms with E-state index >= 15 is 0 Å². The number of benzene rings is 1.